The zero-order chi connectivity index (χ0) is 23.2. The third kappa shape index (κ3) is 6.39. The number of fused-ring (bicyclic) bond motifs is 1. The number of anilines is 1. The first-order chi connectivity index (χ1) is 14.2. The molecule has 1 fully saturated rings. The molecule has 18 nitrogen and oxygen atoms in total. The van der Waals surface area contributed by atoms with Gasteiger partial charge in [0.1, 0.15) is 30.2 Å². The van der Waals surface area contributed by atoms with Gasteiger partial charge in [0.2, 0.25) is 0 Å². The summed E-state index contributed by atoms with van der Waals surface area (Å²) in [5, 5.41) is 20.4. The van der Waals surface area contributed by atoms with E-state index in [0.29, 0.717) is 0 Å². The monoisotopic (exact) mass is 562 g/mol. The number of aliphatic hydroxyl groups is 2. The fraction of sp³-hybridized carbons (Fsp3) is 0.500. The summed E-state index contributed by atoms with van der Waals surface area (Å²) in [5.41, 5.74) is 6.00. The van der Waals surface area contributed by atoms with Crippen LogP contribution >= 0.6 is 23.5 Å². The van der Waals surface area contributed by atoms with Crippen molar-refractivity contribution < 1.29 is 78.4 Å². The fourth-order valence-electron chi connectivity index (χ4n) is 2.62. The molecule has 1 aliphatic heterocycles. The Hall–Kier alpha value is -0.841. The number of hydrogen-bond donors (Lipinski definition) is 7. The molecular formula is C10H16MnN5O13P3. The number of ether oxygens (including phenoxy) is 1. The van der Waals surface area contributed by atoms with Gasteiger partial charge >= 0.3 is 23.5 Å². The minimum Gasteiger partial charge on any atom is -0.387 e. The van der Waals surface area contributed by atoms with Gasteiger partial charge in [-0.3, -0.25) is 9.09 Å². The van der Waals surface area contributed by atoms with E-state index in [4.69, 9.17) is 25.2 Å². The maximum absolute atomic E-state index is 11.8. The third-order valence-electron chi connectivity index (χ3n) is 3.82. The second kappa shape index (κ2) is 9.80. The van der Waals surface area contributed by atoms with Gasteiger partial charge in [0, 0.05) is 17.1 Å². The number of aliphatic hydroxyl groups excluding tert-OH is 2. The molecule has 0 saturated carbocycles. The molecule has 0 aromatic carbocycles. The van der Waals surface area contributed by atoms with Gasteiger partial charge in [-0.05, 0) is 0 Å². The minimum absolute atomic E-state index is 0. The standard InChI is InChI=1S/C10H16N5O13P3.Mn/c11-8-5-9(13-2-12-8)15(3-14-5)10-7(17)6(16)4(26-10)1-25-30(21,22)28-31(23,24)27-29(18,19)20;/h2-4,6-7,10,16-17H,1H2,(H,21,22)(H,23,24)(H2,11,12,13)(H2,18,19,20);/t4-,6?,7?,10-;/m1./s1. The van der Waals surface area contributed by atoms with Gasteiger partial charge in [0.15, 0.2) is 17.7 Å². The molecule has 22 heteroatoms. The number of rotatable bonds is 8. The van der Waals surface area contributed by atoms with Crippen LogP contribution in [0.5, 0.6) is 0 Å². The van der Waals surface area contributed by atoms with Gasteiger partial charge in [-0.1, -0.05) is 0 Å². The van der Waals surface area contributed by atoms with Gasteiger partial charge in [-0.2, -0.15) is 8.62 Å². The summed E-state index contributed by atoms with van der Waals surface area (Å²) < 4.78 is 51.9. The molecule has 1 aliphatic rings. The fourth-order valence-corrected chi connectivity index (χ4v) is 5.65. The van der Waals surface area contributed by atoms with Crippen molar-refractivity contribution in [1.82, 2.24) is 19.5 Å². The van der Waals surface area contributed by atoms with E-state index in [0.717, 1.165) is 6.33 Å². The van der Waals surface area contributed by atoms with E-state index in [-0.39, 0.29) is 34.1 Å². The van der Waals surface area contributed by atoms with Crippen molar-refractivity contribution in [1.29, 1.82) is 0 Å². The number of nitrogen functional groups attached to an aromatic ring is 1. The number of phosphoric acid groups is 3. The van der Waals surface area contributed by atoms with Gasteiger partial charge in [-0.15, -0.1) is 0 Å². The summed E-state index contributed by atoms with van der Waals surface area (Å²) in [6, 6.07) is 0. The first-order valence-electron chi connectivity index (χ1n) is 7.92. The number of nitrogens with zero attached hydrogens (tertiary/aromatic N) is 4. The van der Waals surface area contributed by atoms with Crippen LogP contribution in [0.15, 0.2) is 12.7 Å². The van der Waals surface area contributed by atoms with E-state index in [1.54, 1.807) is 0 Å². The smallest absolute Gasteiger partial charge is 0.387 e. The molecule has 0 bridgehead atoms. The normalized spacial score (nSPS) is 27.6. The molecule has 2 aromatic heterocycles. The molecule has 0 aliphatic carbocycles. The molecule has 181 valence electrons. The van der Waals surface area contributed by atoms with Crippen molar-refractivity contribution in [2.75, 3.05) is 12.3 Å². The molecule has 3 heterocycles. The molecule has 3 rings (SSSR count). The molecule has 1 saturated heterocycles. The third-order valence-corrected chi connectivity index (χ3v) is 7.62. The quantitative estimate of drug-likeness (QED) is 0.140. The molecule has 32 heavy (non-hydrogen) atoms. The van der Waals surface area contributed by atoms with Crippen LogP contribution in [0.25, 0.3) is 11.2 Å². The van der Waals surface area contributed by atoms with Crippen LogP contribution in [0.1, 0.15) is 6.23 Å². The zero-order valence-corrected chi connectivity index (χ0v) is 19.2. The Morgan fingerprint density at radius 2 is 1.69 bits per heavy atom. The Balaban J connectivity index is 0.00000363. The Kier molecular flexibility index (Phi) is 8.39. The number of aromatic nitrogens is 4. The van der Waals surface area contributed by atoms with E-state index in [9.17, 15) is 28.8 Å². The summed E-state index contributed by atoms with van der Waals surface area (Å²) in [7, 11) is -16.7. The average molecular weight is 562 g/mol. The molecule has 0 spiro atoms. The number of nitrogens with two attached hydrogens (primary N) is 1. The summed E-state index contributed by atoms with van der Waals surface area (Å²) in [6.45, 7) is -0.956. The average Bonchev–Trinajstić information content (AvgIpc) is 3.13. The van der Waals surface area contributed by atoms with Crippen molar-refractivity contribution in [3.05, 3.63) is 12.7 Å². The summed E-state index contributed by atoms with van der Waals surface area (Å²) in [6.07, 6.45) is -3.69. The largest absolute Gasteiger partial charge is 0.490 e. The zero-order valence-electron chi connectivity index (χ0n) is 15.3. The maximum atomic E-state index is 11.8. The van der Waals surface area contributed by atoms with Crippen LogP contribution in [-0.2, 0) is 48.6 Å². The van der Waals surface area contributed by atoms with Crippen molar-refractivity contribution >= 4 is 40.4 Å². The summed E-state index contributed by atoms with van der Waals surface area (Å²) in [5.74, 6) is 0.0426. The summed E-state index contributed by atoms with van der Waals surface area (Å²) >= 11 is 0. The molecule has 0 amide bonds. The Morgan fingerprint density at radius 3 is 2.31 bits per heavy atom. The van der Waals surface area contributed by atoms with Gasteiger partial charge in [0.25, 0.3) is 0 Å². The van der Waals surface area contributed by atoms with Crippen molar-refractivity contribution in [2.45, 2.75) is 24.5 Å². The van der Waals surface area contributed by atoms with E-state index in [1.807, 2.05) is 0 Å². The molecule has 4 unspecified atom stereocenters. The number of hydrogen-bond acceptors (Lipinski definition) is 13. The first-order valence-corrected chi connectivity index (χ1v) is 12.4. The van der Waals surface area contributed by atoms with Gasteiger partial charge in [0.05, 0.1) is 12.9 Å². The van der Waals surface area contributed by atoms with E-state index < -0.39 is 54.6 Å². The van der Waals surface area contributed by atoms with Crippen molar-refractivity contribution in [2.24, 2.45) is 0 Å². The van der Waals surface area contributed by atoms with E-state index in [1.165, 1.54) is 10.9 Å². The molecule has 1 radical (unpaired) electrons. The second-order valence-corrected chi connectivity index (χ2v) is 10.4. The van der Waals surface area contributed by atoms with Crippen molar-refractivity contribution in [3.63, 3.8) is 0 Å². The minimum atomic E-state index is -5.70. The van der Waals surface area contributed by atoms with E-state index >= 15 is 0 Å². The summed E-state index contributed by atoms with van der Waals surface area (Å²) in [4.78, 5) is 47.2. The van der Waals surface area contributed by atoms with Crippen LogP contribution in [0.3, 0.4) is 0 Å². The van der Waals surface area contributed by atoms with Crippen LogP contribution < -0.4 is 5.73 Å². The SMILES string of the molecule is Nc1ncnc2c1ncn2[C@@H]1O[C@H](COP(=O)(O)OP(=O)(O)OP(=O)(O)O)C(O)C1O.[Mn]. The Labute approximate surface area is 188 Å². The first kappa shape index (κ1) is 27.4. The Morgan fingerprint density at radius 1 is 1.03 bits per heavy atom. The maximum Gasteiger partial charge on any atom is 0.490 e. The predicted molar refractivity (Wildman–Crippen MR) is 95.5 cm³/mol. The van der Waals surface area contributed by atoms with Crippen LogP contribution in [0, 0.1) is 0 Å². The Bertz CT molecular complexity index is 1110. The molecule has 6 atom stereocenters. The van der Waals surface area contributed by atoms with Crippen LogP contribution in [0.4, 0.5) is 5.82 Å². The van der Waals surface area contributed by atoms with Gasteiger partial charge in [-0.25, -0.2) is 28.6 Å². The van der Waals surface area contributed by atoms with Gasteiger partial charge < -0.3 is 40.3 Å². The number of imidazole rings is 1. The van der Waals surface area contributed by atoms with E-state index in [2.05, 4.69) is 28.1 Å². The molecule has 2 aromatic rings. The predicted octanol–water partition coefficient (Wildman–Crippen LogP) is -1.63. The van der Waals surface area contributed by atoms with Crippen LogP contribution in [0.2, 0.25) is 0 Å². The topological polar surface area (TPSA) is 279 Å². The van der Waals surface area contributed by atoms with Crippen LogP contribution in [-0.4, -0.2) is 74.2 Å². The number of phosphoric ester groups is 1. The van der Waals surface area contributed by atoms with Crippen molar-refractivity contribution in [3.8, 4) is 0 Å². The molecular weight excluding hydrogens is 546 g/mol. The molecule has 8 N–H and O–H groups in total. The second-order valence-electron chi connectivity index (χ2n) is 6.02.